The first-order valence-corrected chi connectivity index (χ1v) is 7.44. The van der Waals surface area contributed by atoms with Gasteiger partial charge in [-0.25, -0.2) is 0 Å². The molecule has 0 saturated heterocycles. The van der Waals surface area contributed by atoms with Crippen LogP contribution in [0.5, 0.6) is 0 Å². The molecule has 24 heavy (non-hydrogen) atoms. The van der Waals surface area contributed by atoms with Gasteiger partial charge in [0, 0.05) is 10.7 Å². The number of aromatic nitrogens is 3. The van der Waals surface area contributed by atoms with Crippen molar-refractivity contribution in [1.82, 2.24) is 15.2 Å². The van der Waals surface area contributed by atoms with Crippen molar-refractivity contribution in [3.8, 4) is 6.07 Å². The average Bonchev–Trinajstić information content (AvgIpc) is 2.97. The standard InChI is InChI=1S/C16H12ClN5O2/c1-10(16(23)19-13-4-2-3-11(7-13)9-18)24-22-15-8-12(17)5-6-14(15)20-21-22/h2-8,10H,1H3,(H,19,23)/t10-/m1/s1. The number of anilines is 1. The number of benzene rings is 2. The van der Waals surface area contributed by atoms with E-state index in [1.807, 2.05) is 6.07 Å². The molecule has 1 heterocycles. The summed E-state index contributed by atoms with van der Waals surface area (Å²) in [5.41, 5.74) is 2.14. The van der Waals surface area contributed by atoms with Gasteiger partial charge in [0.15, 0.2) is 0 Å². The van der Waals surface area contributed by atoms with Gasteiger partial charge in [-0.3, -0.25) is 4.79 Å². The van der Waals surface area contributed by atoms with E-state index in [0.29, 0.717) is 27.3 Å². The maximum absolute atomic E-state index is 12.2. The van der Waals surface area contributed by atoms with Crippen molar-refractivity contribution in [1.29, 1.82) is 5.26 Å². The highest BCUT2D eigenvalue weighted by molar-refractivity contribution is 6.31. The van der Waals surface area contributed by atoms with Crippen LogP contribution in [0, 0.1) is 11.3 Å². The molecule has 0 aliphatic carbocycles. The van der Waals surface area contributed by atoms with Crippen molar-refractivity contribution in [2.45, 2.75) is 13.0 Å². The number of halogens is 1. The lowest BCUT2D eigenvalue weighted by Gasteiger charge is -2.14. The molecule has 0 fully saturated rings. The van der Waals surface area contributed by atoms with Crippen molar-refractivity contribution < 1.29 is 9.63 Å². The van der Waals surface area contributed by atoms with Gasteiger partial charge in [0.05, 0.1) is 11.6 Å². The van der Waals surface area contributed by atoms with Crippen molar-refractivity contribution in [2.75, 3.05) is 5.32 Å². The molecule has 0 saturated carbocycles. The van der Waals surface area contributed by atoms with Gasteiger partial charge in [-0.05, 0) is 48.5 Å². The highest BCUT2D eigenvalue weighted by Crippen LogP contribution is 2.17. The average molecular weight is 342 g/mol. The minimum Gasteiger partial charge on any atom is -0.382 e. The molecule has 1 amide bonds. The molecule has 1 atom stereocenters. The largest absolute Gasteiger partial charge is 0.382 e. The van der Waals surface area contributed by atoms with Gasteiger partial charge in [-0.1, -0.05) is 22.5 Å². The van der Waals surface area contributed by atoms with Crippen molar-refractivity contribution in [3.63, 3.8) is 0 Å². The monoisotopic (exact) mass is 341 g/mol. The smallest absolute Gasteiger partial charge is 0.267 e. The molecule has 7 nitrogen and oxygen atoms in total. The molecule has 8 heteroatoms. The molecule has 3 rings (SSSR count). The van der Waals surface area contributed by atoms with Crippen LogP contribution in [0.2, 0.25) is 5.02 Å². The van der Waals surface area contributed by atoms with E-state index >= 15 is 0 Å². The van der Waals surface area contributed by atoms with Crippen LogP contribution in [0.15, 0.2) is 42.5 Å². The zero-order valence-electron chi connectivity index (χ0n) is 12.6. The summed E-state index contributed by atoms with van der Waals surface area (Å²) in [5.74, 6) is -0.379. The number of nitrogens with zero attached hydrogens (tertiary/aromatic N) is 4. The van der Waals surface area contributed by atoms with Crippen molar-refractivity contribution >= 4 is 34.2 Å². The summed E-state index contributed by atoms with van der Waals surface area (Å²) in [5, 5.41) is 19.9. The summed E-state index contributed by atoms with van der Waals surface area (Å²) >= 11 is 5.95. The Morgan fingerprint density at radius 2 is 2.21 bits per heavy atom. The third kappa shape index (κ3) is 3.29. The van der Waals surface area contributed by atoms with E-state index in [2.05, 4.69) is 15.6 Å². The predicted octanol–water partition coefficient (Wildman–Crippen LogP) is 2.41. The number of carbonyl (C=O) groups excluding carboxylic acids is 1. The molecule has 0 aliphatic rings. The zero-order valence-corrected chi connectivity index (χ0v) is 13.4. The van der Waals surface area contributed by atoms with Crippen LogP contribution in [0.25, 0.3) is 11.0 Å². The molecule has 2 aromatic carbocycles. The van der Waals surface area contributed by atoms with E-state index in [0.717, 1.165) is 4.85 Å². The lowest BCUT2D eigenvalue weighted by Crippen LogP contribution is -2.35. The van der Waals surface area contributed by atoms with E-state index < -0.39 is 6.10 Å². The van der Waals surface area contributed by atoms with Crippen LogP contribution in [0.1, 0.15) is 12.5 Å². The molecule has 1 N–H and O–H groups in total. The van der Waals surface area contributed by atoms with Crippen LogP contribution in [-0.4, -0.2) is 27.2 Å². The number of nitriles is 1. The second-order valence-electron chi connectivity index (χ2n) is 5.02. The number of nitrogens with one attached hydrogen (secondary N) is 1. The van der Waals surface area contributed by atoms with Crippen LogP contribution >= 0.6 is 11.6 Å². The Morgan fingerprint density at radius 3 is 3.00 bits per heavy atom. The molecule has 0 radical (unpaired) electrons. The van der Waals surface area contributed by atoms with Gasteiger partial charge >= 0.3 is 0 Å². The third-order valence-corrected chi connectivity index (χ3v) is 3.50. The molecule has 0 spiro atoms. The van der Waals surface area contributed by atoms with E-state index in [1.54, 1.807) is 49.4 Å². The number of fused-ring (bicyclic) bond motifs is 1. The molecule has 0 bridgehead atoms. The second kappa shape index (κ2) is 6.56. The van der Waals surface area contributed by atoms with Gasteiger partial charge in [-0.2, -0.15) is 5.26 Å². The Hall–Kier alpha value is -3.11. The molecule has 0 aliphatic heterocycles. The fourth-order valence-electron chi connectivity index (χ4n) is 2.06. The predicted molar refractivity (Wildman–Crippen MR) is 88.4 cm³/mol. The minimum atomic E-state index is -0.834. The summed E-state index contributed by atoms with van der Waals surface area (Å²) < 4.78 is 0. The fraction of sp³-hybridized carbons (Fsp3) is 0.125. The Balaban J connectivity index is 1.73. The third-order valence-electron chi connectivity index (χ3n) is 3.26. The SMILES string of the molecule is C[C@@H](On1nnc2ccc(Cl)cc21)C(=O)Nc1cccc(C#N)c1. The number of amides is 1. The fourth-order valence-corrected chi connectivity index (χ4v) is 2.22. The zero-order chi connectivity index (χ0) is 17.1. The Morgan fingerprint density at radius 1 is 1.38 bits per heavy atom. The first-order chi connectivity index (χ1) is 11.6. The van der Waals surface area contributed by atoms with Gasteiger partial charge in [-0.15, -0.1) is 5.10 Å². The maximum atomic E-state index is 12.2. The van der Waals surface area contributed by atoms with Crippen molar-refractivity contribution in [3.05, 3.63) is 53.1 Å². The quantitative estimate of drug-likeness (QED) is 0.786. The molecular weight excluding hydrogens is 330 g/mol. The van der Waals surface area contributed by atoms with Gasteiger partial charge in [0.1, 0.15) is 11.0 Å². The lowest BCUT2D eigenvalue weighted by molar-refractivity contribution is -0.127. The summed E-state index contributed by atoms with van der Waals surface area (Å²) in [6.45, 7) is 1.58. The topological polar surface area (TPSA) is 92.8 Å². The van der Waals surface area contributed by atoms with Crippen LogP contribution < -0.4 is 10.2 Å². The van der Waals surface area contributed by atoms with E-state index in [-0.39, 0.29) is 5.91 Å². The Labute approximate surface area is 142 Å². The molecule has 1 aromatic heterocycles. The highest BCUT2D eigenvalue weighted by atomic mass is 35.5. The number of hydrogen-bond donors (Lipinski definition) is 1. The first kappa shape index (κ1) is 15.8. The number of carbonyl (C=O) groups is 1. The first-order valence-electron chi connectivity index (χ1n) is 7.06. The second-order valence-corrected chi connectivity index (χ2v) is 5.46. The summed E-state index contributed by atoms with van der Waals surface area (Å²) in [7, 11) is 0. The van der Waals surface area contributed by atoms with E-state index in [4.69, 9.17) is 21.7 Å². The van der Waals surface area contributed by atoms with Gasteiger partial charge in [0.2, 0.25) is 6.10 Å². The van der Waals surface area contributed by atoms with Crippen LogP contribution in [-0.2, 0) is 4.79 Å². The van der Waals surface area contributed by atoms with Crippen LogP contribution in [0.4, 0.5) is 5.69 Å². The molecule has 120 valence electrons. The van der Waals surface area contributed by atoms with Crippen molar-refractivity contribution in [2.24, 2.45) is 0 Å². The van der Waals surface area contributed by atoms with Gasteiger partial charge in [0.25, 0.3) is 5.91 Å². The van der Waals surface area contributed by atoms with Gasteiger partial charge < -0.3 is 10.2 Å². The maximum Gasteiger partial charge on any atom is 0.267 e. The summed E-state index contributed by atoms with van der Waals surface area (Å²) in [6, 6.07) is 13.7. The Kier molecular flexibility index (Phi) is 4.31. The van der Waals surface area contributed by atoms with E-state index in [1.165, 1.54) is 0 Å². The van der Waals surface area contributed by atoms with E-state index in [9.17, 15) is 4.79 Å². The summed E-state index contributed by atoms with van der Waals surface area (Å²) in [6.07, 6.45) is -0.834. The summed E-state index contributed by atoms with van der Waals surface area (Å²) in [4.78, 5) is 18.9. The lowest BCUT2D eigenvalue weighted by atomic mass is 10.2. The Bertz CT molecular complexity index is 947. The minimum absolute atomic E-state index is 0.379. The number of hydrogen-bond acceptors (Lipinski definition) is 5. The molecule has 3 aromatic rings. The van der Waals surface area contributed by atoms with Crippen LogP contribution in [0.3, 0.4) is 0 Å². The normalized spacial score (nSPS) is 11.7. The highest BCUT2D eigenvalue weighted by Gasteiger charge is 2.17. The molecule has 0 unspecified atom stereocenters. The number of rotatable bonds is 4. The molecular formula is C16H12ClN5O2.